The summed E-state index contributed by atoms with van der Waals surface area (Å²) in [6.45, 7) is 4.01. The lowest BCUT2D eigenvalue weighted by molar-refractivity contribution is 0.0881. The van der Waals surface area contributed by atoms with Crippen LogP contribution in [0.1, 0.15) is 44.9 Å². The topological polar surface area (TPSA) is 15.3 Å². The highest BCUT2D eigenvalue weighted by Crippen LogP contribution is 2.34. The molecular weight excluding hydrogens is 184 g/mol. The van der Waals surface area contributed by atoms with Gasteiger partial charge in [-0.25, -0.2) is 0 Å². The number of piperidine rings is 1. The monoisotopic (exact) mass is 208 g/mol. The van der Waals surface area contributed by atoms with Crippen LogP contribution in [0.15, 0.2) is 0 Å². The molecule has 2 aliphatic heterocycles. The molecule has 86 valence electrons. The van der Waals surface area contributed by atoms with E-state index < -0.39 is 0 Å². The van der Waals surface area contributed by atoms with E-state index >= 15 is 0 Å². The molecule has 3 rings (SSSR count). The highest BCUT2D eigenvalue weighted by atomic mass is 15.2. The predicted molar refractivity (Wildman–Crippen MR) is 63.0 cm³/mol. The molecule has 2 nitrogen and oxygen atoms in total. The van der Waals surface area contributed by atoms with Crippen molar-refractivity contribution in [3.63, 3.8) is 0 Å². The largest absolute Gasteiger partial charge is 0.312 e. The van der Waals surface area contributed by atoms with Gasteiger partial charge in [0.15, 0.2) is 0 Å². The average Bonchev–Trinajstić information content (AvgIpc) is 2.82. The van der Waals surface area contributed by atoms with Crippen LogP contribution in [0.2, 0.25) is 0 Å². The first-order chi connectivity index (χ1) is 7.45. The number of rotatable bonds is 1. The fourth-order valence-electron chi connectivity index (χ4n) is 4.00. The average molecular weight is 208 g/mol. The molecule has 3 atom stereocenters. The van der Waals surface area contributed by atoms with Crippen LogP contribution in [0, 0.1) is 5.92 Å². The van der Waals surface area contributed by atoms with Gasteiger partial charge in [0.05, 0.1) is 0 Å². The summed E-state index contributed by atoms with van der Waals surface area (Å²) >= 11 is 0. The third-order valence-electron chi connectivity index (χ3n) is 4.74. The Bertz CT molecular complexity index is 209. The first-order valence-electron chi connectivity index (χ1n) is 6.92. The van der Waals surface area contributed by atoms with E-state index in [1.54, 1.807) is 0 Å². The Balaban J connectivity index is 1.69. The normalized spacial score (nSPS) is 42.8. The Kier molecular flexibility index (Phi) is 2.98. The zero-order chi connectivity index (χ0) is 10.1. The zero-order valence-corrected chi connectivity index (χ0v) is 9.75. The van der Waals surface area contributed by atoms with Crippen LogP contribution in [0.5, 0.6) is 0 Å². The molecular formula is C13H24N2. The first kappa shape index (κ1) is 10.1. The molecule has 2 heteroatoms. The molecule has 0 bridgehead atoms. The number of fused-ring (bicyclic) bond motifs is 1. The molecule has 3 fully saturated rings. The molecule has 0 radical (unpaired) electrons. The first-order valence-corrected chi connectivity index (χ1v) is 6.92. The third kappa shape index (κ3) is 1.94. The second-order valence-electron chi connectivity index (χ2n) is 5.62. The molecule has 2 saturated heterocycles. The van der Waals surface area contributed by atoms with E-state index in [2.05, 4.69) is 10.2 Å². The predicted octanol–water partition coefficient (Wildman–Crippen LogP) is 2.00. The van der Waals surface area contributed by atoms with Gasteiger partial charge in [-0.05, 0) is 64.1 Å². The Hall–Kier alpha value is -0.0800. The van der Waals surface area contributed by atoms with Gasteiger partial charge in [-0.2, -0.15) is 0 Å². The van der Waals surface area contributed by atoms with Crippen molar-refractivity contribution < 1.29 is 0 Å². The minimum atomic E-state index is 0.839. The van der Waals surface area contributed by atoms with Crippen molar-refractivity contribution in [2.45, 2.75) is 57.0 Å². The Labute approximate surface area is 93.4 Å². The summed E-state index contributed by atoms with van der Waals surface area (Å²) in [4.78, 5) is 2.77. The lowest BCUT2D eigenvalue weighted by Gasteiger charge is -2.45. The van der Waals surface area contributed by atoms with Crippen LogP contribution in [0.25, 0.3) is 0 Å². The molecule has 1 saturated carbocycles. The van der Waals surface area contributed by atoms with E-state index in [1.165, 1.54) is 64.6 Å². The molecule has 0 aromatic heterocycles. The van der Waals surface area contributed by atoms with Gasteiger partial charge in [0.1, 0.15) is 0 Å². The molecule has 1 aliphatic carbocycles. The number of likely N-dealkylation sites (tertiary alicyclic amines) is 1. The van der Waals surface area contributed by atoms with Gasteiger partial charge in [-0.1, -0.05) is 6.42 Å². The van der Waals surface area contributed by atoms with Gasteiger partial charge >= 0.3 is 0 Å². The maximum Gasteiger partial charge on any atom is 0.0252 e. The quantitative estimate of drug-likeness (QED) is 0.709. The minimum Gasteiger partial charge on any atom is -0.312 e. The molecule has 0 aromatic carbocycles. The van der Waals surface area contributed by atoms with E-state index in [1.807, 2.05) is 0 Å². The number of nitrogens with zero attached hydrogens (tertiary/aromatic N) is 1. The molecule has 0 amide bonds. The Morgan fingerprint density at radius 2 is 1.67 bits per heavy atom. The zero-order valence-electron chi connectivity index (χ0n) is 9.75. The van der Waals surface area contributed by atoms with E-state index in [9.17, 15) is 0 Å². The maximum absolute atomic E-state index is 3.81. The smallest absolute Gasteiger partial charge is 0.0252 e. The van der Waals surface area contributed by atoms with Crippen molar-refractivity contribution in [2.24, 2.45) is 5.92 Å². The summed E-state index contributed by atoms with van der Waals surface area (Å²) in [5.74, 6) is 0.998. The molecule has 0 spiro atoms. The molecule has 3 unspecified atom stereocenters. The van der Waals surface area contributed by atoms with Crippen LogP contribution in [-0.2, 0) is 0 Å². The van der Waals surface area contributed by atoms with E-state index in [0.29, 0.717) is 0 Å². The fourth-order valence-corrected chi connectivity index (χ4v) is 4.00. The van der Waals surface area contributed by atoms with Crippen LogP contribution in [0.3, 0.4) is 0 Å². The van der Waals surface area contributed by atoms with Crippen LogP contribution in [-0.4, -0.2) is 36.6 Å². The second-order valence-corrected chi connectivity index (χ2v) is 5.62. The van der Waals surface area contributed by atoms with Gasteiger partial charge in [0, 0.05) is 12.1 Å². The second kappa shape index (κ2) is 4.42. The van der Waals surface area contributed by atoms with Crippen molar-refractivity contribution in [3.05, 3.63) is 0 Å². The lowest BCUT2D eigenvalue weighted by Crippen LogP contribution is -2.57. The minimum absolute atomic E-state index is 0.839. The van der Waals surface area contributed by atoms with Gasteiger partial charge in [-0.15, -0.1) is 0 Å². The maximum atomic E-state index is 3.81. The molecule has 15 heavy (non-hydrogen) atoms. The van der Waals surface area contributed by atoms with E-state index in [4.69, 9.17) is 0 Å². The lowest BCUT2D eigenvalue weighted by atomic mass is 9.76. The van der Waals surface area contributed by atoms with Crippen LogP contribution < -0.4 is 5.32 Å². The third-order valence-corrected chi connectivity index (χ3v) is 4.74. The summed E-state index contributed by atoms with van der Waals surface area (Å²) in [7, 11) is 0. The standard InChI is InChI=1S/C13H24N2/c1-2-10-15(9-1)12-7-3-5-11-6-4-8-14-13(11)12/h11-14H,1-10H2. The molecule has 1 N–H and O–H groups in total. The summed E-state index contributed by atoms with van der Waals surface area (Å²) < 4.78 is 0. The summed E-state index contributed by atoms with van der Waals surface area (Å²) in [6, 6.07) is 1.72. The summed E-state index contributed by atoms with van der Waals surface area (Å²) in [5, 5.41) is 3.81. The number of hydrogen-bond donors (Lipinski definition) is 1. The number of hydrogen-bond acceptors (Lipinski definition) is 2. The molecule has 3 aliphatic rings. The van der Waals surface area contributed by atoms with Crippen molar-refractivity contribution in [2.75, 3.05) is 19.6 Å². The van der Waals surface area contributed by atoms with Crippen molar-refractivity contribution >= 4 is 0 Å². The molecule has 0 aromatic rings. The fraction of sp³-hybridized carbons (Fsp3) is 1.00. The van der Waals surface area contributed by atoms with Crippen LogP contribution >= 0.6 is 0 Å². The van der Waals surface area contributed by atoms with Crippen molar-refractivity contribution in [1.29, 1.82) is 0 Å². The van der Waals surface area contributed by atoms with Gasteiger partial charge in [0.25, 0.3) is 0 Å². The van der Waals surface area contributed by atoms with Crippen LogP contribution in [0.4, 0.5) is 0 Å². The number of nitrogens with one attached hydrogen (secondary N) is 1. The van der Waals surface area contributed by atoms with Gasteiger partial charge in [0.2, 0.25) is 0 Å². The summed E-state index contributed by atoms with van der Waals surface area (Å²) in [5.41, 5.74) is 0. The van der Waals surface area contributed by atoms with E-state index in [-0.39, 0.29) is 0 Å². The van der Waals surface area contributed by atoms with Gasteiger partial charge in [-0.3, -0.25) is 4.90 Å². The van der Waals surface area contributed by atoms with E-state index in [0.717, 1.165) is 18.0 Å². The molecule has 2 heterocycles. The SMILES string of the molecule is C1CNC2C(C1)CCCC2N1CCCC1. The van der Waals surface area contributed by atoms with Gasteiger partial charge < -0.3 is 5.32 Å². The summed E-state index contributed by atoms with van der Waals surface area (Å²) in [6.07, 6.45) is 10.2. The highest BCUT2D eigenvalue weighted by molar-refractivity contribution is 4.96. The Morgan fingerprint density at radius 1 is 0.867 bits per heavy atom. The van der Waals surface area contributed by atoms with Crippen molar-refractivity contribution in [3.8, 4) is 0 Å². The Morgan fingerprint density at radius 3 is 2.53 bits per heavy atom. The van der Waals surface area contributed by atoms with Crippen molar-refractivity contribution in [1.82, 2.24) is 10.2 Å². The highest BCUT2D eigenvalue weighted by Gasteiger charge is 2.38.